The molecule has 0 spiro atoms. The van der Waals surface area contributed by atoms with E-state index in [-0.39, 0.29) is 8.61 Å². The first-order valence-corrected chi connectivity index (χ1v) is 12.6. The van der Waals surface area contributed by atoms with Crippen LogP contribution in [0.3, 0.4) is 0 Å². The second-order valence-electron chi connectivity index (χ2n) is 7.89. The molecule has 6 nitrogen and oxygen atoms in total. The third kappa shape index (κ3) is 5.09. The predicted molar refractivity (Wildman–Crippen MR) is 110 cm³/mol. The highest BCUT2D eigenvalue weighted by Gasteiger charge is 2.60. The van der Waals surface area contributed by atoms with E-state index < -0.39 is 67.4 Å². The number of hydrogen-bond acceptors (Lipinski definition) is 4. The molecule has 14 heteroatoms. The van der Waals surface area contributed by atoms with Crippen LogP contribution in [0.5, 0.6) is 0 Å². The first-order chi connectivity index (χ1) is 15.5. The van der Waals surface area contributed by atoms with Gasteiger partial charge in [-0.1, -0.05) is 35.4 Å². The maximum absolute atomic E-state index is 13.9. The zero-order chi connectivity index (χ0) is 25.7. The highest BCUT2D eigenvalue weighted by Crippen LogP contribution is 2.40. The minimum absolute atomic E-state index is 0.309. The summed E-state index contributed by atoms with van der Waals surface area (Å²) >= 11 is 0. The van der Waals surface area contributed by atoms with Gasteiger partial charge in [0.25, 0.3) is 0 Å². The minimum Gasteiger partial charge on any atom is -0.207 e. The Bertz CT molecular complexity index is 1140. The first kappa shape index (κ1) is 26.4. The van der Waals surface area contributed by atoms with Crippen molar-refractivity contribution in [3.8, 4) is 0 Å². The molecule has 1 saturated heterocycles. The van der Waals surface area contributed by atoms with Crippen LogP contribution in [0.25, 0.3) is 0 Å². The van der Waals surface area contributed by atoms with Crippen molar-refractivity contribution in [1.29, 1.82) is 0 Å². The van der Waals surface area contributed by atoms with E-state index >= 15 is 0 Å². The molecule has 0 aromatic heterocycles. The number of sulfonamides is 2. The Morgan fingerprint density at radius 2 is 0.882 bits per heavy atom. The molecule has 188 valence electrons. The van der Waals surface area contributed by atoms with Crippen LogP contribution in [-0.2, 0) is 20.0 Å². The summed E-state index contributed by atoms with van der Waals surface area (Å²) in [5.74, 6) is 0. The van der Waals surface area contributed by atoms with Crippen LogP contribution < -0.4 is 0 Å². The van der Waals surface area contributed by atoms with Gasteiger partial charge in [-0.25, -0.2) is 16.8 Å². The molecule has 1 aliphatic heterocycles. The summed E-state index contributed by atoms with van der Waals surface area (Å²) in [5, 5.41) is 0. The quantitative estimate of drug-likeness (QED) is 0.563. The average molecular weight is 531 g/mol. The number of rotatable bonds is 4. The van der Waals surface area contributed by atoms with Gasteiger partial charge in [-0.2, -0.15) is 35.0 Å². The minimum atomic E-state index is -5.35. The molecule has 34 heavy (non-hydrogen) atoms. The molecule has 0 radical (unpaired) electrons. The van der Waals surface area contributed by atoms with Crippen LogP contribution in [0.2, 0.25) is 0 Å². The van der Waals surface area contributed by atoms with Crippen LogP contribution >= 0.6 is 0 Å². The third-order valence-electron chi connectivity index (χ3n) is 5.41. The molecular weight excluding hydrogens is 510 g/mol. The molecule has 0 saturated carbocycles. The van der Waals surface area contributed by atoms with Crippen molar-refractivity contribution in [2.45, 2.75) is 48.1 Å². The summed E-state index contributed by atoms with van der Waals surface area (Å²) in [6.07, 6.45) is -10.7. The van der Waals surface area contributed by atoms with Crippen molar-refractivity contribution < 1.29 is 43.2 Å². The van der Waals surface area contributed by atoms with E-state index in [2.05, 4.69) is 0 Å². The highest BCUT2D eigenvalue weighted by atomic mass is 32.2. The Balaban J connectivity index is 2.14. The van der Waals surface area contributed by atoms with Crippen LogP contribution in [0.1, 0.15) is 11.1 Å². The lowest BCUT2D eigenvalue weighted by Crippen LogP contribution is -2.68. The van der Waals surface area contributed by atoms with E-state index in [9.17, 15) is 43.2 Å². The van der Waals surface area contributed by atoms with Gasteiger partial charge in [-0.15, -0.1) is 0 Å². The monoisotopic (exact) mass is 530 g/mol. The van der Waals surface area contributed by atoms with Gasteiger partial charge in [-0.3, -0.25) is 0 Å². The smallest absolute Gasteiger partial charge is 0.207 e. The normalized spacial score (nSPS) is 21.5. The topological polar surface area (TPSA) is 74.8 Å². The Kier molecular flexibility index (Phi) is 6.85. The summed E-state index contributed by atoms with van der Waals surface area (Å²) < 4.78 is 135. The zero-order valence-corrected chi connectivity index (χ0v) is 19.4. The number of alkyl halides is 6. The van der Waals surface area contributed by atoms with Crippen LogP contribution in [0, 0.1) is 13.8 Å². The number of piperazine rings is 1. The Labute approximate surface area is 192 Å². The van der Waals surface area contributed by atoms with E-state index in [1.807, 2.05) is 0 Å². The van der Waals surface area contributed by atoms with Crippen LogP contribution in [0.15, 0.2) is 58.3 Å². The number of halogens is 6. The van der Waals surface area contributed by atoms with Crippen molar-refractivity contribution in [3.05, 3.63) is 59.7 Å². The fraction of sp³-hybridized carbons (Fsp3) is 0.400. The Hall–Kier alpha value is -2.16. The van der Waals surface area contributed by atoms with Gasteiger partial charge in [-0.05, 0) is 38.1 Å². The number of aryl methyl sites for hydroxylation is 2. The number of nitrogens with zero attached hydrogens (tertiary/aromatic N) is 2. The summed E-state index contributed by atoms with van der Waals surface area (Å²) in [6.45, 7) is -0.337. The van der Waals surface area contributed by atoms with Crippen molar-refractivity contribution in [3.63, 3.8) is 0 Å². The lowest BCUT2D eigenvalue weighted by molar-refractivity contribution is -0.216. The second kappa shape index (κ2) is 8.81. The molecular formula is C20H20F6N2O4S2. The van der Waals surface area contributed by atoms with E-state index in [4.69, 9.17) is 0 Å². The Morgan fingerprint density at radius 3 is 1.12 bits per heavy atom. The van der Waals surface area contributed by atoms with Crippen molar-refractivity contribution in [2.24, 2.45) is 0 Å². The lowest BCUT2D eigenvalue weighted by Gasteiger charge is -2.45. The molecule has 1 aliphatic rings. The number of benzene rings is 2. The maximum atomic E-state index is 13.9. The summed E-state index contributed by atoms with van der Waals surface area (Å²) in [7, 11) is -10.1. The van der Waals surface area contributed by atoms with E-state index in [0.29, 0.717) is 11.1 Å². The molecule has 0 bridgehead atoms. The SMILES string of the molecule is Cc1ccc(S(=O)(=O)N2C[C@H](C(F)(F)F)N(S(=O)(=O)c3ccc(C)cc3)C[C@H]2C(F)(F)F)cc1. The van der Waals surface area contributed by atoms with Crippen LogP contribution in [0.4, 0.5) is 26.3 Å². The summed E-state index contributed by atoms with van der Waals surface area (Å²) in [6, 6.07) is 3.02. The molecule has 3 rings (SSSR count). The molecule has 0 unspecified atom stereocenters. The maximum Gasteiger partial charge on any atom is 0.406 e. The van der Waals surface area contributed by atoms with Gasteiger partial charge in [0.1, 0.15) is 12.1 Å². The molecule has 2 atom stereocenters. The molecule has 2 aromatic rings. The van der Waals surface area contributed by atoms with Gasteiger partial charge in [0, 0.05) is 13.1 Å². The molecule has 2 aromatic carbocycles. The van der Waals surface area contributed by atoms with Crippen LogP contribution in [-0.4, -0.2) is 63.0 Å². The van der Waals surface area contributed by atoms with Gasteiger partial charge in [0.15, 0.2) is 0 Å². The van der Waals surface area contributed by atoms with Gasteiger partial charge in [0.05, 0.1) is 9.79 Å². The van der Waals surface area contributed by atoms with Crippen molar-refractivity contribution in [2.75, 3.05) is 13.1 Å². The second-order valence-corrected chi connectivity index (χ2v) is 11.7. The zero-order valence-electron chi connectivity index (χ0n) is 17.8. The van der Waals surface area contributed by atoms with Gasteiger partial charge in [0.2, 0.25) is 20.0 Å². The number of hydrogen-bond donors (Lipinski definition) is 0. The molecule has 1 heterocycles. The highest BCUT2D eigenvalue weighted by molar-refractivity contribution is 7.89. The van der Waals surface area contributed by atoms with E-state index in [1.54, 1.807) is 13.8 Å². The standard InChI is InChI=1S/C20H20F6N2O4S2/c1-13-3-7-15(8-4-13)33(29,30)27-11-18(20(24,25)26)28(12-17(27)19(21,22)23)34(31,32)16-9-5-14(2)6-10-16/h3-10,17-18H,11-12H2,1-2H3/t17-,18+. The van der Waals surface area contributed by atoms with Crippen molar-refractivity contribution in [1.82, 2.24) is 8.61 Å². The van der Waals surface area contributed by atoms with E-state index in [1.165, 1.54) is 24.3 Å². The van der Waals surface area contributed by atoms with E-state index in [0.717, 1.165) is 24.3 Å². The molecule has 0 amide bonds. The first-order valence-electron chi connectivity index (χ1n) is 9.76. The average Bonchev–Trinajstić information content (AvgIpc) is 2.72. The summed E-state index contributed by atoms with van der Waals surface area (Å²) in [4.78, 5) is -1.27. The fourth-order valence-corrected chi connectivity index (χ4v) is 6.75. The predicted octanol–water partition coefficient (Wildman–Crippen LogP) is 3.86. The molecule has 0 aliphatic carbocycles. The Morgan fingerprint density at radius 1 is 0.618 bits per heavy atom. The fourth-order valence-electron chi connectivity index (χ4n) is 3.53. The van der Waals surface area contributed by atoms with Gasteiger partial charge >= 0.3 is 12.4 Å². The molecule has 0 N–H and O–H groups in total. The van der Waals surface area contributed by atoms with Crippen molar-refractivity contribution >= 4 is 20.0 Å². The van der Waals surface area contributed by atoms with Gasteiger partial charge < -0.3 is 0 Å². The largest absolute Gasteiger partial charge is 0.406 e. The lowest BCUT2D eigenvalue weighted by atomic mass is 10.1. The summed E-state index contributed by atoms with van der Waals surface area (Å²) in [5.41, 5.74) is 1.15. The molecule has 1 fully saturated rings. The third-order valence-corrected chi connectivity index (χ3v) is 9.19.